The highest BCUT2D eigenvalue weighted by atomic mass is 16.5. The molecule has 0 aliphatic heterocycles. The Morgan fingerprint density at radius 2 is 1.70 bits per heavy atom. The topological polar surface area (TPSA) is 47.6 Å². The summed E-state index contributed by atoms with van der Waals surface area (Å²) in [4.78, 5) is 12.1. The fourth-order valence-corrected chi connectivity index (χ4v) is 2.52. The van der Waals surface area contributed by atoms with Gasteiger partial charge in [-0.2, -0.15) is 0 Å². The number of carbonyl (C=O) groups excluding carboxylic acids is 1. The van der Waals surface area contributed by atoms with Gasteiger partial charge in [0.15, 0.2) is 0 Å². The molecule has 4 nitrogen and oxygen atoms in total. The molecule has 0 unspecified atom stereocenters. The SMILES string of the molecule is COc1ccc(CNC(=O)Cc2ccc(C)cc2)c(OC)c1C. The van der Waals surface area contributed by atoms with Crippen LogP contribution < -0.4 is 14.8 Å². The van der Waals surface area contributed by atoms with Crippen LogP contribution in [0.1, 0.15) is 22.3 Å². The normalized spacial score (nSPS) is 10.3. The van der Waals surface area contributed by atoms with Gasteiger partial charge in [-0.3, -0.25) is 4.79 Å². The van der Waals surface area contributed by atoms with Crippen LogP contribution in [0.15, 0.2) is 36.4 Å². The Morgan fingerprint density at radius 3 is 2.30 bits per heavy atom. The van der Waals surface area contributed by atoms with Crippen molar-refractivity contribution >= 4 is 5.91 Å². The monoisotopic (exact) mass is 313 g/mol. The maximum Gasteiger partial charge on any atom is 0.224 e. The first kappa shape index (κ1) is 16.9. The average Bonchev–Trinajstić information content (AvgIpc) is 2.55. The molecule has 2 rings (SSSR count). The summed E-state index contributed by atoms with van der Waals surface area (Å²) in [6.07, 6.45) is 0.373. The third-order valence-electron chi connectivity index (χ3n) is 3.82. The number of hydrogen-bond acceptors (Lipinski definition) is 3. The summed E-state index contributed by atoms with van der Waals surface area (Å²) >= 11 is 0. The lowest BCUT2D eigenvalue weighted by molar-refractivity contribution is -0.120. The molecule has 4 heteroatoms. The van der Waals surface area contributed by atoms with Gasteiger partial charge in [-0.15, -0.1) is 0 Å². The summed E-state index contributed by atoms with van der Waals surface area (Å²) in [5, 5.41) is 2.94. The van der Waals surface area contributed by atoms with Crippen molar-refractivity contribution in [2.75, 3.05) is 14.2 Å². The van der Waals surface area contributed by atoms with Crippen LogP contribution in [0.3, 0.4) is 0 Å². The van der Waals surface area contributed by atoms with Crippen molar-refractivity contribution in [1.82, 2.24) is 5.32 Å². The minimum atomic E-state index is -0.00984. The predicted molar refractivity (Wildman–Crippen MR) is 91.0 cm³/mol. The number of methoxy groups -OCH3 is 2. The maximum atomic E-state index is 12.1. The summed E-state index contributed by atoms with van der Waals surface area (Å²) in [5.41, 5.74) is 4.06. The number of nitrogens with one attached hydrogen (secondary N) is 1. The van der Waals surface area contributed by atoms with Crippen LogP contribution in [0.25, 0.3) is 0 Å². The lowest BCUT2D eigenvalue weighted by atomic mass is 10.1. The van der Waals surface area contributed by atoms with Crippen LogP contribution in [-0.4, -0.2) is 20.1 Å². The van der Waals surface area contributed by atoms with Crippen molar-refractivity contribution in [3.8, 4) is 11.5 Å². The average molecular weight is 313 g/mol. The molecular formula is C19H23NO3. The second-order valence-corrected chi connectivity index (χ2v) is 5.52. The van der Waals surface area contributed by atoms with Gasteiger partial charge < -0.3 is 14.8 Å². The van der Waals surface area contributed by atoms with E-state index in [4.69, 9.17) is 9.47 Å². The van der Waals surface area contributed by atoms with E-state index in [1.807, 2.05) is 50.2 Å². The number of benzene rings is 2. The van der Waals surface area contributed by atoms with Crippen molar-refractivity contribution in [1.29, 1.82) is 0 Å². The van der Waals surface area contributed by atoms with E-state index in [1.54, 1.807) is 14.2 Å². The molecule has 2 aromatic rings. The Balaban J connectivity index is 2.01. The van der Waals surface area contributed by atoms with Crippen LogP contribution in [0, 0.1) is 13.8 Å². The zero-order valence-electron chi connectivity index (χ0n) is 14.1. The summed E-state index contributed by atoms with van der Waals surface area (Å²) in [6.45, 7) is 4.40. The van der Waals surface area contributed by atoms with Crippen LogP contribution in [0.5, 0.6) is 11.5 Å². The van der Waals surface area contributed by atoms with Gasteiger partial charge in [-0.05, 0) is 31.5 Å². The fourth-order valence-electron chi connectivity index (χ4n) is 2.52. The van der Waals surface area contributed by atoms with Crippen molar-refractivity contribution < 1.29 is 14.3 Å². The quantitative estimate of drug-likeness (QED) is 0.891. The summed E-state index contributed by atoms with van der Waals surface area (Å²) in [7, 11) is 3.25. The van der Waals surface area contributed by atoms with Gasteiger partial charge in [0.05, 0.1) is 20.6 Å². The Hall–Kier alpha value is -2.49. The molecule has 0 atom stereocenters. The molecule has 0 spiro atoms. The highest BCUT2D eigenvalue weighted by Gasteiger charge is 2.12. The van der Waals surface area contributed by atoms with E-state index >= 15 is 0 Å². The van der Waals surface area contributed by atoms with E-state index in [9.17, 15) is 4.79 Å². The van der Waals surface area contributed by atoms with E-state index < -0.39 is 0 Å². The number of hydrogen-bond donors (Lipinski definition) is 1. The molecule has 122 valence electrons. The van der Waals surface area contributed by atoms with Gasteiger partial charge in [0.1, 0.15) is 11.5 Å². The smallest absolute Gasteiger partial charge is 0.224 e. The molecule has 0 saturated heterocycles. The van der Waals surface area contributed by atoms with Gasteiger partial charge in [0.25, 0.3) is 0 Å². The largest absolute Gasteiger partial charge is 0.496 e. The molecule has 0 aromatic heterocycles. The van der Waals surface area contributed by atoms with Crippen molar-refractivity contribution in [3.63, 3.8) is 0 Å². The Labute approximate surface area is 137 Å². The van der Waals surface area contributed by atoms with E-state index in [0.717, 1.165) is 28.2 Å². The second kappa shape index (κ2) is 7.68. The first-order valence-electron chi connectivity index (χ1n) is 7.58. The van der Waals surface area contributed by atoms with E-state index in [1.165, 1.54) is 5.56 Å². The summed E-state index contributed by atoms with van der Waals surface area (Å²) in [5.74, 6) is 1.51. The van der Waals surface area contributed by atoms with Gasteiger partial charge in [-0.1, -0.05) is 29.8 Å². The zero-order chi connectivity index (χ0) is 16.8. The van der Waals surface area contributed by atoms with Crippen molar-refractivity contribution in [2.24, 2.45) is 0 Å². The fraction of sp³-hybridized carbons (Fsp3) is 0.316. The molecule has 0 bridgehead atoms. The summed E-state index contributed by atoms with van der Waals surface area (Å²) in [6, 6.07) is 11.8. The van der Waals surface area contributed by atoms with E-state index in [-0.39, 0.29) is 5.91 Å². The molecule has 23 heavy (non-hydrogen) atoms. The highest BCUT2D eigenvalue weighted by Crippen LogP contribution is 2.31. The standard InChI is InChI=1S/C19H23NO3/c1-13-5-7-15(8-6-13)11-18(21)20-12-16-9-10-17(22-3)14(2)19(16)23-4/h5-10H,11-12H2,1-4H3,(H,20,21). The molecule has 0 aliphatic rings. The minimum Gasteiger partial charge on any atom is -0.496 e. The maximum absolute atomic E-state index is 12.1. The highest BCUT2D eigenvalue weighted by molar-refractivity contribution is 5.78. The minimum absolute atomic E-state index is 0.00984. The second-order valence-electron chi connectivity index (χ2n) is 5.52. The van der Waals surface area contributed by atoms with Crippen LogP contribution in [-0.2, 0) is 17.8 Å². The molecule has 1 amide bonds. The Morgan fingerprint density at radius 1 is 1.00 bits per heavy atom. The van der Waals surface area contributed by atoms with Crippen molar-refractivity contribution in [2.45, 2.75) is 26.8 Å². The van der Waals surface area contributed by atoms with Gasteiger partial charge in [-0.25, -0.2) is 0 Å². The molecule has 0 fully saturated rings. The van der Waals surface area contributed by atoms with Gasteiger partial charge >= 0.3 is 0 Å². The summed E-state index contributed by atoms with van der Waals surface area (Å²) < 4.78 is 10.7. The van der Waals surface area contributed by atoms with Gasteiger partial charge in [0.2, 0.25) is 5.91 Å². The number of amides is 1. The van der Waals surface area contributed by atoms with Crippen LogP contribution in [0.2, 0.25) is 0 Å². The lowest BCUT2D eigenvalue weighted by Crippen LogP contribution is -2.24. The third-order valence-corrected chi connectivity index (χ3v) is 3.82. The molecule has 0 radical (unpaired) electrons. The third kappa shape index (κ3) is 4.25. The molecule has 1 N–H and O–H groups in total. The number of ether oxygens (including phenoxy) is 2. The Bertz CT molecular complexity index is 678. The number of rotatable bonds is 6. The zero-order valence-corrected chi connectivity index (χ0v) is 14.1. The first-order valence-corrected chi connectivity index (χ1v) is 7.58. The molecule has 0 heterocycles. The van der Waals surface area contributed by atoms with E-state index in [2.05, 4.69) is 5.32 Å². The van der Waals surface area contributed by atoms with Gasteiger partial charge in [0, 0.05) is 17.7 Å². The number of carbonyl (C=O) groups is 1. The first-order chi connectivity index (χ1) is 11.0. The Kier molecular flexibility index (Phi) is 5.63. The molecule has 0 aliphatic carbocycles. The van der Waals surface area contributed by atoms with Crippen molar-refractivity contribution in [3.05, 3.63) is 58.7 Å². The van der Waals surface area contributed by atoms with Crippen LogP contribution >= 0.6 is 0 Å². The van der Waals surface area contributed by atoms with Crippen LogP contribution in [0.4, 0.5) is 0 Å². The molecule has 2 aromatic carbocycles. The number of aryl methyl sites for hydroxylation is 1. The van der Waals surface area contributed by atoms with E-state index in [0.29, 0.717) is 13.0 Å². The predicted octanol–water partition coefficient (Wildman–Crippen LogP) is 3.18. The lowest BCUT2D eigenvalue weighted by Gasteiger charge is -2.15. The molecular weight excluding hydrogens is 290 g/mol. The molecule has 0 saturated carbocycles.